The van der Waals surface area contributed by atoms with E-state index in [1.165, 1.54) is 12.1 Å². The number of halogens is 1. The maximum absolute atomic E-state index is 13.1. The topological polar surface area (TPSA) is 62.2 Å². The van der Waals surface area contributed by atoms with E-state index in [2.05, 4.69) is 10.3 Å². The van der Waals surface area contributed by atoms with Gasteiger partial charge in [0.15, 0.2) is 0 Å². The van der Waals surface area contributed by atoms with Crippen LogP contribution in [0.25, 0.3) is 10.9 Å². The Balaban J connectivity index is 2.11. The predicted octanol–water partition coefficient (Wildman–Crippen LogP) is 3.46. The lowest BCUT2D eigenvalue weighted by molar-refractivity contribution is 0.471. The third kappa shape index (κ3) is 3.17. The molecule has 4 nitrogen and oxygen atoms in total. The summed E-state index contributed by atoms with van der Waals surface area (Å²) in [5, 5.41) is 13.7. The van der Waals surface area contributed by atoms with E-state index in [9.17, 15) is 13.7 Å². The first-order valence-electron chi connectivity index (χ1n) is 7.04. The van der Waals surface area contributed by atoms with Crippen LogP contribution in [0.15, 0.2) is 53.6 Å². The molecule has 120 valence electrons. The fraction of sp³-hybridized carbons (Fsp3) is 0.118. The molecule has 0 atom stereocenters. The molecule has 0 saturated heterocycles. The van der Waals surface area contributed by atoms with Gasteiger partial charge in [-0.3, -0.25) is 9.19 Å². The number of rotatable bonds is 3. The zero-order valence-corrected chi connectivity index (χ0v) is 13.6. The first-order valence-corrected chi connectivity index (χ1v) is 9.64. The van der Waals surface area contributed by atoms with Crippen LogP contribution < -0.4 is 5.32 Å². The van der Waals surface area contributed by atoms with Gasteiger partial charge in [0.1, 0.15) is 11.6 Å². The summed E-state index contributed by atoms with van der Waals surface area (Å²) in [7, 11) is -2.40. The molecule has 0 bridgehead atoms. The van der Waals surface area contributed by atoms with E-state index in [0.717, 1.165) is 21.9 Å². The number of thiol groups is 1. The lowest BCUT2D eigenvalue weighted by Crippen LogP contribution is -2.06. The average Bonchev–Trinajstić information content (AvgIpc) is 2.49. The van der Waals surface area contributed by atoms with Crippen LogP contribution in [0.5, 0.6) is 5.75 Å². The summed E-state index contributed by atoms with van der Waals surface area (Å²) in [5.74, 6) is -0.685. The minimum absolute atomic E-state index is 0.178. The van der Waals surface area contributed by atoms with Gasteiger partial charge in [0, 0.05) is 28.2 Å². The molecule has 1 aromatic heterocycles. The molecule has 0 aliphatic rings. The Morgan fingerprint density at radius 2 is 1.87 bits per heavy atom. The Kier molecular flexibility index (Phi) is 3.77. The average molecular weight is 332 g/mol. The van der Waals surface area contributed by atoms with Crippen LogP contribution in [-0.4, -0.2) is 26.8 Å². The summed E-state index contributed by atoms with van der Waals surface area (Å²) in [6.07, 6.45) is 5.06. The Labute approximate surface area is 134 Å². The monoisotopic (exact) mass is 332 g/mol. The number of nitrogens with zero attached hydrogens (tertiary/aromatic N) is 1. The van der Waals surface area contributed by atoms with Crippen molar-refractivity contribution < 1.29 is 13.7 Å². The van der Waals surface area contributed by atoms with Crippen molar-refractivity contribution in [1.82, 2.24) is 4.98 Å². The van der Waals surface area contributed by atoms with E-state index in [1.54, 1.807) is 24.8 Å². The number of phenols is 1. The van der Waals surface area contributed by atoms with E-state index in [-0.39, 0.29) is 5.75 Å². The van der Waals surface area contributed by atoms with Gasteiger partial charge in [-0.1, -0.05) is 9.93 Å². The summed E-state index contributed by atoms with van der Waals surface area (Å²) in [5.41, 5.74) is 1.83. The molecule has 3 rings (SSSR count). The Hall–Kier alpha value is -2.47. The van der Waals surface area contributed by atoms with Crippen molar-refractivity contribution in [3.8, 4) is 5.75 Å². The summed E-state index contributed by atoms with van der Waals surface area (Å²) in [6.45, 7) is 0. The highest BCUT2D eigenvalue weighted by molar-refractivity contribution is 8.01. The van der Waals surface area contributed by atoms with Crippen LogP contribution in [-0.2, 0) is 9.93 Å². The van der Waals surface area contributed by atoms with E-state index in [0.29, 0.717) is 11.4 Å². The van der Waals surface area contributed by atoms with Crippen molar-refractivity contribution in [2.75, 3.05) is 17.8 Å². The van der Waals surface area contributed by atoms with E-state index in [4.69, 9.17) is 0 Å². The van der Waals surface area contributed by atoms with Gasteiger partial charge in [0.2, 0.25) is 0 Å². The number of benzene rings is 2. The fourth-order valence-electron chi connectivity index (χ4n) is 2.33. The number of hydrogen-bond donors (Lipinski definition) is 3. The van der Waals surface area contributed by atoms with Crippen LogP contribution in [0.1, 0.15) is 0 Å². The van der Waals surface area contributed by atoms with Crippen LogP contribution in [0.2, 0.25) is 0 Å². The lowest BCUT2D eigenvalue weighted by Gasteiger charge is -2.15. The van der Waals surface area contributed by atoms with Crippen molar-refractivity contribution in [2.24, 2.45) is 0 Å². The van der Waals surface area contributed by atoms with Gasteiger partial charge in [0.05, 0.1) is 11.2 Å². The number of anilines is 2. The van der Waals surface area contributed by atoms with Gasteiger partial charge in [-0.2, -0.15) is 0 Å². The number of phenolic OH excluding ortho intramolecular Hbond substituents is 1. The number of pyridine rings is 1. The van der Waals surface area contributed by atoms with Gasteiger partial charge in [-0.25, -0.2) is 4.39 Å². The molecule has 0 saturated carbocycles. The Bertz CT molecular complexity index is 937. The molecule has 0 aliphatic carbocycles. The molecule has 0 spiro atoms. The van der Waals surface area contributed by atoms with Crippen LogP contribution in [0.4, 0.5) is 15.8 Å². The van der Waals surface area contributed by atoms with E-state index >= 15 is 0 Å². The second kappa shape index (κ2) is 5.62. The van der Waals surface area contributed by atoms with Crippen molar-refractivity contribution in [3.63, 3.8) is 0 Å². The van der Waals surface area contributed by atoms with Crippen LogP contribution in [0.3, 0.4) is 0 Å². The zero-order chi connectivity index (χ0) is 16.6. The summed E-state index contributed by atoms with van der Waals surface area (Å²) < 4.78 is 25.4. The minimum Gasteiger partial charge on any atom is -0.506 e. The SMILES string of the molecule is C[SH](C)(=O)c1ccc2nccc(Nc3ccc(F)cc3O)c2c1. The third-order valence-corrected chi connectivity index (χ3v) is 5.10. The number of nitrogens with one attached hydrogen (secondary N) is 1. The Morgan fingerprint density at radius 3 is 2.57 bits per heavy atom. The molecule has 23 heavy (non-hydrogen) atoms. The fourth-order valence-corrected chi connectivity index (χ4v) is 3.21. The normalized spacial score (nSPS) is 12.3. The van der Waals surface area contributed by atoms with Crippen molar-refractivity contribution in [1.29, 1.82) is 0 Å². The highest BCUT2D eigenvalue weighted by Crippen LogP contribution is 2.32. The molecule has 6 heteroatoms. The van der Waals surface area contributed by atoms with Crippen LogP contribution in [0, 0.1) is 5.82 Å². The first-order chi connectivity index (χ1) is 10.8. The zero-order valence-electron chi connectivity index (χ0n) is 12.7. The quantitative estimate of drug-likeness (QED) is 0.508. The Morgan fingerprint density at radius 1 is 1.09 bits per heavy atom. The molecule has 1 heterocycles. The van der Waals surface area contributed by atoms with E-state index in [1.807, 2.05) is 18.2 Å². The number of aromatic nitrogens is 1. The molecule has 0 amide bonds. The smallest absolute Gasteiger partial charge is 0.141 e. The standard InChI is InChI=1S/C17H17FN2O2S/c1-23(2,22)12-4-6-14-13(10-12)15(7-8-19-14)20-16-5-3-11(18)9-17(16)21/h3-10,21,23H,1-2H3,(H,19,20). The second-order valence-corrected chi connectivity index (χ2v) is 8.92. The predicted molar refractivity (Wildman–Crippen MR) is 92.7 cm³/mol. The van der Waals surface area contributed by atoms with Gasteiger partial charge >= 0.3 is 0 Å². The number of fused-ring (bicyclic) bond motifs is 1. The third-order valence-electron chi connectivity index (χ3n) is 3.58. The second-order valence-electron chi connectivity index (χ2n) is 5.70. The molecular weight excluding hydrogens is 315 g/mol. The first kappa shape index (κ1) is 15.4. The maximum Gasteiger partial charge on any atom is 0.141 e. The maximum atomic E-state index is 13.1. The van der Waals surface area contributed by atoms with Gasteiger partial charge in [-0.15, -0.1) is 0 Å². The van der Waals surface area contributed by atoms with Crippen molar-refractivity contribution in [2.45, 2.75) is 4.90 Å². The van der Waals surface area contributed by atoms with Gasteiger partial charge < -0.3 is 10.4 Å². The van der Waals surface area contributed by atoms with Crippen LogP contribution >= 0.6 is 0 Å². The summed E-state index contributed by atoms with van der Waals surface area (Å²) in [6, 6.07) is 11.0. The number of aromatic hydroxyl groups is 1. The van der Waals surface area contributed by atoms with Crippen molar-refractivity contribution in [3.05, 3.63) is 54.5 Å². The van der Waals surface area contributed by atoms with Gasteiger partial charge in [-0.05, 0) is 48.9 Å². The molecule has 3 aromatic rings. The minimum atomic E-state index is -2.40. The molecule has 0 fully saturated rings. The molecule has 2 aromatic carbocycles. The van der Waals surface area contributed by atoms with Crippen molar-refractivity contribution >= 4 is 32.2 Å². The molecule has 0 unspecified atom stereocenters. The molecule has 2 N–H and O–H groups in total. The van der Waals surface area contributed by atoms with Gasteiger partial charge in [0.25, 0.3) is 0 Å². The largest absolute Gasteiger partial charge is 0.506 e. The highest BCUT2D eigenvalue weighted by Gasteiger charge is 2.10. The number of hydrogen-bond acceptors (Lipinski definition) is 4. The molecule has 0 radical (unpaired) electrons. The lowest BCUT2D eigenvalue weighted by atomic mass is 10.1. The molecular formula is C17H17FN2O2S. The molecule has 0 aliphatic heterocycles. The van der Waals surface area contributed by atoms with E-state index < -0.39 is 15.7 Å². The highest BCUT2D eigenvalue weighted by atomic mass is 32.2. The summed E-state index contributed by atoms with van der Waals surface area (Å²) in [4.78, 5) is 5.05. The summed E-state index contributed by atoms with van der Waals surface area (Å²) >= 11 is 0.